The highest BCUT2D eigenvalue weighted by molar-refractivity contribution is 8.76. The molecule has 13 atom stereocenters. The highest BCUT2D eigenvalue weighted by Gasteiger charge is 2.42. The zero-order valence-electron chi connectivity index (χ0n) is 66.2. The van der Waals surface area contributed by atoms with E-state index in [1.165, 1.54) is 81.4 Å². The van der Waals surface area contributed by atoms with Crippen LogP contribution in [0.3, 0.4) is 0 Å². The number of benzene rings is 3. The van der Waals surface area contributed by atoms with Gasteiger partial charge >= 0.3 is 11.9 Å². The number of aliphatic hydroxyl groups excluding tert-OH is 1. The number of hydrogen-bond acceptors (Lipinski definition) is 24. The van der Waals surface area contributed by atoms with Crippen molar-refractivity contribution in [1.29, 1.82) is 0 Å². The average Bonchev–Trinajstić information content (AvgIpc) is 1.73. The number of aromatic hydroxyl groups is 2. The van der Waals surface area contributed by atoms with Gasteiger partial charge in [0, 0.05) is 70.5 Å². The number of hydrogen-bond donors (Lipinski definition) is 21. The van der Waals surface area contributed by atoms with Gasteiger partial charge in [0.1, 0.15) is 65.9 Å². The summed E-state index contributed by atoms with van der Waals surface area (Å²) in [5.74, 6) is -13.7. The molecule has 634 valence electrons. The number of aliphatic carboxylic acids is 2. The fraction of sp³-hybridized carbons (Fsp3) is 0.547. The van der Waals surface area contributed by atoms with Gasteiger partial charge in [-0.2, -0.15) is 0 Å². The summed E-state index contributed by atoms with van der Waals surface area (Å²) in [5.41, 5.74) is 2.41. The van der Waals surface area contributed by atoms with Crippen molar-refractivity contribution >= 4 is 116 Å². The molecule has 0 bridgehead atoms. The summed E-state index contributed by atoms with van der Waals surface area (Å²) in [5, 5.41) is 91.3. The lowest BCUT2D eigenvalue weighted by molar-refractivity contribution is -0.143. The number of likely N-dealkylation sites (tertiary alicyclic amines) is 1. The Balaban J connectivity index is 0.000000629. The number of carbonyl (C=O) groups excluding carboxylic acids is 14. The third kappa shape index (κ3) is 34.1. The van der Waals surface area contributed by atoms with E-state index in [0.29, 0.717) is 37.1 Å². The maximum atomic E-state index is 14.4. The van der Waals surface area contributed by atoms with E-state index < -0.39 is 181 Å². The minimum atomic E-state index is -1.91. The second kappa shape index (κ2) is 49.2. The van der Waals surface area contributed by atoms with Crippen molar-refractivity contribution in [2.24, 2.45) is 11.8 Å². The first kappa shape index (κ1) is 96.7. The number of amides is 14. The number of rotatable bonds is 32. The highest BCUT2D eigenvalue weighted by atomic mass is 33.1. The van der Waals surface area contributed by atoms with Crippen LogP contribution in [0.2, 0.25) is 0 Å². The Labute approximate surface area is 674 Å². The quantitative estimate of drug-likeness (QED) is 0.0211. The predicted molar refractivity (Wildman–Crippen MR) is 424 cm³/mol. The van der Waals surface area contributed by atoms with Crippen LogP contribution in [0.15, 0.2) is 72.8 Å². The maximum Gasteiger partial charge on any atom is 0.305 e. The van der Waals surface area contributed by atoms with Gasteiger partial charge in [0.2, 0.25) is 82.7 Å². The second-order valence-corrected chi connectivity index (χ2v) is 31.0. The fourth-order valence-electron chi connectivity index (χ4n) is 11.9. The maximum absolute atomic E-state index is 14.4. The summed E-state index contributed by atoms with van der Waals surface area (Å²) in [6.45, 7) is 11.9. The van der Waals surface area contributed by atoms with E-state index in [2.05, 4.69) is 85.1 Å². The van der Waals surface area contributed by atoms with Crippen molar-refractivity contribution in [2.75, 3.05) is 59.3 Å². The predicted octanol–water partition coefficient (Wildman–Crippen LogP) is -3.73. The SMILES string of the molecule is CNC(=O)C(NC)C(=O)N[C@@H](CC(C)C)C(=O)N1CCC[C@H]1C(=O)N[C@H]1CSSC[C@@H](C)NC(=O)C([C@@H](C)O)NC(=O)CNC(=O)[C@H](Cc2ccc(O)cc2)NC(=O)[C@H](Cc2ccc(O)cc2)NC(=O)[C@H](CC(=O)O)NC1=O.CNCC(NC)C(=O)NCc1ccc(CNC(=O)[C@H](CC(=O)O)NC(=O)[C@H](CC(C)C)NC(C)=O)cc1. The van der Waals surface area contributed by atoms with E-state index in [4.69, 9.17) is 0 Å². The largest absolute Gasteiger partial charge is 0.508 e. The molecule has 21 N–H and O–H groups in total. The average molecular weight is 1650 g/mol. The molecule has 2 fully saturated rings. The Morgan fingerprint density at radius 1 is 0.548 bits per heavy atom. The molecule has 2 heterocycles. The van der Waals surface area contributed by atoms with Crippen LogP contribution in [0, 0.1) is 11.8 Å². The number of phenolic OH excluding ortho intramolecular Hbond substituents is 2. The fourth-order valence-corrected chi connectivity index (χ4v) is 14.3. The lowest BCUT2D eigenvalue weighted by atomic mass is 10.0. The monoisotopic (exact) mass is 1650 g/mol. The van der Waals surface area contributed by atoms with Gasteiger partial charge in [-0.3, -0.25) is 76.7 Å². The molecule has 40 heteroatoms. The van der Waals surface area contributed by atoms with Gasteiger partial charge in [0.25, 0.3) is 0 Å². The van der Waals surface area contributed by atoms with E-state index in [1.807, 2.05) is 39.8 Å². The Kier molecular flexibility index (Phi) is 41.3. The number of nitrogens with zero attached hydrogens (tertiary/aromatic N) is 1. The molecule has 0 saturated carbocycles. The smallest absolute Gasteiger partial charge is 0.305 e. The number of aliphatic hydroxyl groups is 1. The molecule has 38 nitrogen and oxygen atoms in total. The standard InChI is InChI=1S/C50H71N11O15S2.C25H40N6O6/c1-25(2)18-35(58-49(75)41(51-5)47(73)52-6)50(76)61-17-7-8-37(61)46(72)59-36-24-78-77-23-26(3)54-48(74)40(27(4)62)60-38(65)22-53-42(68)32(19-28-9-13-30(63)14-10-28)55-43(69)33(20-29-11-15-31(64)16-12-29)56-44(70)34(21-39(66)67)57-45(36)71;1-15(2)10-19(30-16(3)32)25(37)31-20(11-22(33)34)23(35)28-12-17-6-8-18(9-7-17)13-29-24(36)21(27-5)14-26-4/h9-16,25-27,32-37,40-41,51,62-64H,7-8,17-24H2,1-6H3,(H,52,73)(H,53,68)(H,54,74)(H,55,69)(H,56,70)(H,57,71)(H,58,75)(H,59,72)(H,60,65)(H,66,67);6-9,15,19-21,26-27H,10-14H2,1-5H3,(H,28,35)(H,29,36)(H,30,32)(H,31,37)(H,33,34)/t26-,27-,32+,33+,34+,35+,36+,37+,40?,41?;19-,20-,21?/m10/s1. The van der Waals surface area contributed by atoms with E-state index in [0.717, 1.165) is 32.7 Å². The third-order valence-corrected chi connectivity index (χ3v) is 20.4. The number of carboxylic acids is 2. The Hall–Kier alpha value is -10.7. The molecule has 2 aliphatic rings. The zero-order valence-corrected chi connectivity index (χ0v) is 67.9. The number of likely N-dealkylation sites (N-methyl/N-ethyl adjacent to an activating group) is 4. The van der Waals surface area contributed by atoms with Crippen LogP contribution in [0.4, 0.5) is 0 Å². The van der Waals surface area contributed by atoms with E-state index in [-0.39, 0.29) is 85.6 Å². The van der Waals surface area contributed by atoms with E-state index >= 15 is 0 Å². The number of phenols is 2. The van der Waals surface area contributed by atoms with Gasteiger partial charge in [-0.25, -0.2) is 0 Å². The van der Waals surface area contributed by atoms with Crippen molar-refractivity contribution in [3.05, 3.63) is 95.1 Å². The lowest BCUT2D eigenvalue weighted by Gasteiger charge is -2.31. The van der Waals surface area contributed by atoms with Gasteiger partial charge in [-0.15, -0.1) is 0 Å². The Morgan fingerprint density at radius 2 is 1.05 bits per heavy atom. The molecule has 3 unspecified atom stereocenters. The first-order valence-corrected chi connectivity index (χ1v) is 39.9. The molecule has 0 radical (unpaired) electrons. The molecule has 3 aromatic rings. The van der Waals surface area contributed by atoms with Crippen LogP contribution in [-0.2, 0) is 103 Å². The topological polar surface area (TPSA) is 570 Å². The van der Waals surface area contributed by atoms with Gasteiger partial charge in [-0.1, -0.05) is 97.8 Å². The second-order valence-electron chi connectivity index (χ2n) is 28.5. The van der Waals surface area contributed by atoms with Gasteiger partial charge in [0.05, 0.1) is 31.5 Å². The molecule has 2 saturated heterocycles. The molecule has 5 rings (SSSR count). The van der Waals surface area contributed by atoms with Crippen molar-refractivity contribution < 1.29 is 102 Å². The molecule has 3 aromatic carbocycles. The molecule has 115 heavy (non-hydrogen) atoms. The van der Waals surface area contributed by atoms with Crippen LogP contribution in [-0.4, -0.2) is 263 Å². The summed E-state index contributed by atoms with van der Waals surface area (Å²) in [7, 11) is 8.38. The molecule has 0 spiro atoms. The van der Waals surface area contributed by atoms with Crippen LogP contribution in [0.25, 0.3) is 0 Å². The molecule has 2 aliphatic heterocycles. The molecule has 0 aliphatic carbocycles. The van der Waals surface area contributed by atoms with Crippen molar-refractivity contribution in [1.82, 2.24) is 90.0 Å². The van der Waals surface area contributed by atoms with Crippen molar-refractivity contribution in [3.8, 4) is 11.5 Å². The van der Waals surface area contributed by atoms with E-state index in [9.17, 15) is 102 Å². The van der Waals surface area contributed by atoms with E-state index in [1.54, 1.807) is 33.2 Å². The zero-order chi connectivity index (χ0) is 85.8. The minimum absolute atomic E-state index is 0.0823. The number of nitrogens with one attached hydrogen (secondary N) is 16. The number of carboxylic acid groups (broad SMARTS) is 2. The van der Waals surface area contributed by atoms with Crippen molar-refractivity contribution in [2.45, 2.75) is 192 Å². The summed E-state index contributed by atoms with van der Waals surface area (Å²) in [4.78, 5) is 212. The van der Waals surface area contributed by atoms with Crippen LogP contribution in [0.5, 0.6) is 11.5 Å². The van der Waals surface area contributed by atoms with Gasteiger partial charge in [-0.05, 0) is 119 Å². The van der Waals surface area contributed by atoms with Crippen LogP contribution < -0.4 is 85.1 Å². The summed E-state index contributed by atoms with van der Waals surface area (Å²) < 4.78 is 0. The molecular formula is C75H111N17O21S2. The van der Waals surface area contributed by atoms with Crippen LogP contribution in [0.1, 0.15) is 109 Å². The normalized spacial score (nSPS) is 20.3. The minimum Gasteiger partial charge on any atom is -0.508 e. The number of carbonyl (C=O) groups is 16. The molecular weight excluding hydrogens is 1540 g/mol. The summed E-state index contributed by atoms with van der Waals surface area (Å²) >= 11 is 0. The molecule has 0 aromatic heterocycles. The summed E-state index contributed by atoms with van der Waals surface area (Å²) in [6.07, 6.45) is -2.68. The lowest BCUT2D eigenvalue weighted by Crippen LogP contribution is -2.61. The van der Waals surface area contributed by atoms with Gasteiger partial charge in [0.15, 0.2) is 6.04 Å². The summed E-state index contributed by atoms with van der Waals surface area (Å²) in [6, 6.07) is 3.35. The van der Waals surface area contributed by atoms with Gasteiger partial charge < -0.3 is 116 Å². The van der Waals surface area contributed by atoms with Crippen LogP contribution >= 0.6 is 21.6 Å². The highest BCUT2D eigenvalue weighted by Crippen LogP contribution is 2.26. The Morgan fingerprint density at radius 3 is 1.55 bits per heavy atom. The first-order chi connectivity index (χ1) is 54.4. The third-order valence-electron chi connectivity index (χ3n) is 17.9. The Bertz CT molecular complexity index is 3820. The molecule has 14 amide bonds. The van der Waals surface area contributed by atoms with Crippen molar-refractivity contribution in [3.63, 3.8) is 0 Å². The first-order valence-electron chi connectivity index (χ1n) is 37.4.